The van der Waals surface area contributed by atoms with Gasteiger partial charge in [0, 0.05) is 18.3 Å². The van der Waals surface area contributed by atoms with Crippen LogP contribution in [0, 0.1) is 5.82 Å². The van der Waals surface area contributed by atoms with Crippen LogP contribution in [0.1, 0.15) is 23.5 Å². The standard InChI is InChI=1S/C20H18FN3O2S/c21-14-6-4-13(5-7-14)16-8-9-17(26-16)19-18(15-3-1-2-10-22-15)23-20(27)24(19)11-12-25/h1-10,18-19,25H,11-12H2,(H,23,27)/t18-,19-/m0/s1. The van der Waals surface area contributed by atoms with E-state index >= 15 is 0 Å². The van der Waals surface area contributed by atoms with Gasteiger partial charge in [0.1, 0.15) is 23.4 Å². The van der Waals surface area contributed by atoms with Gasteiger partial charge in [-0.3, -0.25) is 4.98 Å². The van der Waals surface area contributed by atoms with E-state index in [4.69, 9.17) is 16.6 Å². The third-order valence-electron chi connectivity index (χ3n) is 4.59. The van der Waals surface area contributed by atoms with Gasteiger partial charge in [0.25, 0.3) is 0 Å². The Morgan fingerprint density at radius 1 is 1.15 bits per heavy atom. The normalized spacial score (nSPS) is 19.3. The maximum absolute atomic E-state index is 13.2. The molecule has 2 atom stereocenters. The van der Waals surface area contributed by atoms with E-state index < -0.39 is 0 Å². The molecule has 0 amide bonds. The van der Waals surface area contributed by atoms with Gasteiger partial charge in [-0.2, -0.15) is 0 Å². The molecular formula is C20H18FN3O2S. The predicted octanol–water partition coefficient (Wildman–Crippen LogP) is 3.45. The molecule has 3 heterocycles. The highest BCUT2D eigenvalue weighted by molar-refractivity contribution is 7.80. The average Bonchev–Trinajstić information content (AvgIpc) is 3.29. The summed E-state index contributed by atoms with van der Waals surface area (Å²) in [6, 6.07) is 15.2. The summed E-state index contributed by atoms with van der Waals surface area (Å²) in [7, 11) is 0. The van der Waals surface area contributed by atoms with E-state index in [1.54, 1.807) is 18.3 Å². The Labute approximate surface area is 161 Å². The van der Waals surface area contributed by atoms with Crippen LogP contribution in [0.4, 0.5) is 4.39 Å². The van der Waals surface area contributed by atoms with E-state index in [0.29, 0.717) is 23.2 Å². The van der Waals surface area contributed by atoms with Crippen molar-refractivity contribution in [2.24, 2.45) is 0 Å². The number of pyridine rings is 1. The number of rotatable bonds is 5. The Morgan fingerprint density at radius 3 is 2.67 bits per heavy atom. The fourth-order valence-corrected chi connectivity index (χ4v) is 3.68. The summed E-state index contributed by atoms with van der Waals surface area (Å²) in [5, 5.41) is 13.3. The molecule has 2 aromatic heterocycles. The van der Waals surface area contributed by atoms with Crippen molar-refractivity contribution in [3.05, 3.63) is 78.1 Å². The number of nitrogens with zero attached hydrogens (tertiary/aromatic N) is 2. The molecule has 0 saturated carbocycles. The van der Waals surface area contributed by atoms with Crippen molar-refractivity contribution in [2.45, 2.75) is 12.1 Å². The van der Waals surface area contributed by atoms with Crippen LogP contribution >= 0.6 is 12.2 Å². The lowest BCUT2D eigenvalue weighted by molar-refractivity contribution is 0.209. The minimum atomic E-state index is -0.291. The Hall–Kier alpha value is -2.77. The lowest BCUT2D eigenvalue weighted by Crippen LogP contribution is -2.32. The zero-order chi connectivity index (χ0) is 18.8. The highest BCUT2D eigenvalue weighted by Gasteiger charge is 2.41. The van der Waals surface area contributed by atoms with Crippen molar-refractivity contribution in [3.8, 4) is 11.3 Å². The number of aliphatic hydroxyl groups is 1. The predicted molar refractivity (Wildman–Crippen MR) is 103 cm³/mol. The Kier molecular flexibility index (Phi) is 4.87. The van der Waals surface area contributed by atoms with E-state index in [-0.39, 0.29) is 24.5 Å². The number of hydrogen-bond acceptors (Lipinski definition) is 4. The lowest BCUT2D eigenvalue weighted by atomic mass is 10.0. The molecule has 1 aliphatic rings. The zero-order valence-electron chi connectivity index (χ0n) is 14.4. The van der Waals surface area contributed by atoms with E-state index in [2.05, 4.69) is 10.3 Å². The van der Waals surface area contributed by atoms with Gasteiger partial charge in [0.2, 0.25) is 0 Å². The number of β-amino-alcohol motifs (C(OH)–C–C–N with tert-alkyl or cyclic N) is 1. The molecule has 0 spiro atoms. The summed E-state index contributed by atoms with van der Waals surface area (Å²) < 4.78 is 19.3. The van der Waals surface area contributed by atoms with Crippen LogP contribution in [0.25, 0.3) is 11.3 Å². The van der Waals surface area contributed by atoms with Gasteiger partial charge in [-0.1, -0.05) is 6.07 Å². The smallest absolute Gasteiger partial charge is 0.170 e. The monoisotopic (exact) mass is 383 g/mol. The molecule has 7 heteroatoms. The molecule has 3 aromatic rings. The second-order valence-corrected chi connectivity index (χ2v) is 6.64. The van der Waals surface area contributed by atoms with Gasteiger partial charge in [0.05, 0.1) is 18.3 Å². The van der Waals surface area contributed by atoms with Crippen LogP contribution < -0.4 is 5.32 Å². The Balaban J connectivity index is 1.71. The SMILES string of the molecule is OCCN1C(=S)N[C@@H](c2ccccn2)[C@@H]1c1ccc(-c2ccc(F)cc2)o1. The molecule has 0 aliphatic carbocycles. The van der Waals surface area contributed by atoms with Crippen LogP contribution in [0.3, 0.4) is 0 Å². The van der Waals surface area contributed by atoms with Crippen LogP contribution in [-0.2, 0) is 0 Å². The topological polar surface area (TPSA) is 61.5 Å². The minimum absolute atomic E-state index is 0.0290. The summed E-state index contributed by atoms with van der Waals surface area (Å²) in [5.41, 5.74) is 1.63. The summed E-state index contributed by atoms with van der Waals surface area (Å²) in [5.74, 6) is 1.05. The number of furan rings is 1. The molecule has 4 rings (SSSR count). The van der Waals surface area contributed by atoms with Gasteiger partial charge < -0.3 is 19.7 Å². The zero-order valence-corrected chi connectivity index (χ0v) is 15.2. The third kappa shape index (κ3) is 3.43. The Morgan fingerprint density at radius 2 is 1.96 bits per heavy atom. The van der Waals surface area contributed by atoms with Gasteiger partial charge >= 0.3 is 0 Å². The van der Waals surface area contributed by atoms with Gasteiger partial charge in [-0.25, -0.2) is 4.39 Å². The summed E-state index contributed by atoms with van der Waals surface area (Å²) >= 11 is 5.47. The van der Waals surface area contributed by atoms with Crippen molar-refractivity contribution in [1.29, 1.82) is 0 Å². The fraction of sp³-hybridized carbons (Fsp3) is 0.200. The molecule has 0 unspecified atom stereocenters. The third-order valence-corrected chi connectivity index (χ3v) is 4.94. The van der Waals surface area contributed by atoms with E-state index in [9.17, 15) is 9.50 Å². The molecular weight excluding hydrogens is 365 g/mol. The maximum Gasteiger partial charge on any atom is 0.170 e. The van der Waals surface area contributed by atoms with E-state index in [1.807, 2.05) is 35.2 Å². The van der Waals surface area contributed by atoms with Gasteiger partial charge in [-0.15, -0.1) is 0 Å². The van der Waals surface area contributed by atoms with Crippen LogP contribution in [0.5, 0.6) is 0 Å². The first-order valence-corrected chi connectivity index (χ1v) is 9.03. The number of halogens is 1. The van der Waals surface area contributed by atoms with Gasteiger partial charge in [0.15, 0.2) is 5.11 Å². The molecule has 0 bridgehead atoms. The van der Waals surface area contributed by atoms with Crippen LogP contribution in [0.15, 0.2) is 65.2 Å². The maximum atomic E-state index is 13.2. The molecule has 1 aromatic carbocycles. The molecule has 1 saturated heterocycles. The largest absolute Gasteiger partial charge is 0.459 e. The first-order chi connectivity index (χ1) is 13.2. The molecule has 2 N–H and O–H groups in total. The van der Waals surface area contributed by atoms with Crippen LogP contribution in [0.2, 0.25) is 0 Å². The second kappa shape index (κ2) is 7.46. The van der Waals surface area contributed by atoms with Crippen molar-refractivity contribution in [1.82, 2.24) is 15.2 Å². The first-order valence-electron chi connectivity index (χ1n) is 8.62. The molecule has 0 radical (unpaired) electrons. The van der Waals surface area contributed by atoms with Crippen molar-refractivity contribution < 1.29 is 13.9 Å². The molecule has 5 nitrogen and oxygen atoms in total. The average molecular weight is 383 g/mol. The fourth-order valence-electron chi connectivity index (χ4n) is 3.34. The number of aromatic nitrogens is 1. The summed E-state index contributed by atoms with van der Waals surface area (Å²) in [4.78, 5) is 6.35. The number of aliphatic hydroxyl groups excluding tert-OH is 1. The summed E-state index contributed by atoms with van der Waals surface area (Å²) in [6.07, 6.45) is 1.73. The second-order valence-electron chi connectivity index (χ2n) is 6.25. The molecule has 1 aliphatic heterocycles. The number of nitrogens with one attached hydrogen (secondary N) is 1. The lowest BCUT2D eigenvalue weighted by Gasteiger charge is -2.25. The van der Waals surface area contributed by atoms with Crippen molar-refractivity contribution in [3.63, 3.8) is 0 Å². The minimum Gasteiger partial charge on any atom is -0.459 e. The highest BCUT2D eigenvalue weighted by Crippen LogP contribution is 2.40. The van der Waals surface area contributed by atoms with Crippen LogP contribution in [-0.4, -0.2) is 33.3 Å². The number of hydrogen-bond donors (Lipinski definition) is 2. The summed E-state index contributed by atoms with van der Waals surface area (Å²) in [6.45, 7) is 0.352. The van der Waals surface area contributed by atoms with E-state index in [1.165, 1.54) is 12.1 Å². The molecule has 27 heavy (non-hydrogen) atoms. The van der Waals surface area contributed by atoms with E-state index in [0.717, 1.165) is 11.3 Å². The Bertz CT molecular complexity index is 930. The number of thiocarbonyl (C=S) groups is 1. The van der Waals surface area contributed by atoms with Crippen molar-refractivity contribution >= 4 is 17.3 Å². The molecule has 138 valence electrons. The van der Waals surface area contributed by atoms with Gasteiger partial charge in [-0.05, 0) is 60.7 Å². The quantitative estimate of drug-likeness (QED) is 0.658. The van der Waals surface area contributed by atoms with Crippen molar-refractivity contribution in [2.75, 3.05) is 13.2 Å². The number of benzene rings is 1. The first kappa shape index (κ1) is 17.6. The molecule has 1 fully saturated rings. The highest BCUT2D eigenvalue weighted by atomic mass is 32.1.